The van der Waals surface area contributed by atoms with Crippen LogP contribution in [0.25, 0.3) is 11.4 Å². The Bertz CT molecular complexity index is 1210. The van der Waals surface area contributed by atoms with Gasteiger partial charge in [0.15, 0.2) is 11.0 Å². The standard InChI is InChI=1S/C20H22FN5O3S2/c1-13-5-10-16(31(28,29)25(2)3)11-17(13)22-18(27)12-30-20-24-23-19(26(20)4)14-6-8-15(21)9-7-14/h5-11H,12H2,1-4H3,(H,22,27). The number of carbonyl (C=O) groups is 1. The van der Waals surface area contributed by atoms with E-state index < -0.39 is 10.0 Å². The number of amides is 1. The number of thioether (sulfide) groups is 1. The van der Waals surface area contributed by atoms with Crippen molar-refractivity contribution < 1.29 is 17.6 Å². The van der Waals surface area contributed by atoms with E-state index in [1.165, 1.54) is 50.1 Å². The highest BCUT2D eigenvalue weighted by Gasteiger charge is 2.19. The van der Waals surface area contributed by atoms with E-state index in [1.54, 1.807) is 36.7 Å². The van der Waals surface area contributed by atoms with E-state index in [0.717, 1.165) is 9.87 Å². The molecule has 0 radical (unpaired) electrons. The fourth-order valence-corrected chi connectivity index (χ4v) is 4.35. The lowest BCUT2D eigenvalue weighted by molar-refractivity contribution is -0.113. The molecule has 0 atom stereocenters. The predicted octanol–water partition coefficient (Wildman–Crippen LogP) is 2.91. The fourth-order valence-electron chi connectivity index (χ4n) is 2.71. The summed E-state index contributed by atoms with van der Waals surface area (Å²) in [5, 5.41) is 11.5. The zero-order valence-corrected chi connectivity index (χ0v) is 19.1. The number of aromatic nitrogens is 3. The van der Waals surface area contributed by atoms with Crippen LogP contribution in [0.2, 0.25) is 0 Å². The first kappa shape index (κ1) is 22.9. The van der Waals surface area contributed by atoms with Crippen LogP contribution in [0.4, 0.5) is 10.1 Å². The van der Waals surface area contributed by atoms with Gasteiger partial charge in [0, 0.05) is 32.4 Å². The summed E-state index contributed by atoms with van der Waals surface area (Å²) < 4.78 is 40.6. The van der Waals surface area contributed by atoms with Gasteiger partial charge in [-0.25, -0.2) is 17.1 Å². The minimum atomic E-state index is -3.61. The molecular formula is C20H22FN5O3S2. The highest BCUT2D eigenvalue weighted by Crippen LogP contribution is 2.25. The zero-order chi connectivity index (χ0) is 22.8. The maximum Gasteiger partial charge on any atom is 0.242 e. The molecule has 8 nitrogen and oxygen atoms in total. The third-order valence-electron chi connectivity index (χ3n) is 4.53. The summed E-state index contributed by atoms with van der Waals surface area (Å²) in [6.45, 7) is 1.78. The number of benzene rings is 2. The zero-order valence-electron chi connectivity index (χ0n) is 17.5. The van der Waals surface area contributed by atoms with Gasteiger partial charge in [0.1, 0.15) is 5.82 Å². The quantitative estimate of drug-likeness (QED) is 0.541. The molecule has 31 heavy (non-hydrogen) atoms. The molecule has 0 bridgehead atoms. The Kier molecular flexibility index (Phi) is 6.77. The molecule has 0 aliphatic carbocycles. The molecule has 3 rings (SSSR count). The van der Waals surface area contributed by atoms with E-state index in [2.05, 4.69) is 15.5 Å². The second-order valence-corrected chi connectivity index (χ2v) is 10.1. The third kappa shape index (κ3) is 5.12. The Morgan fingerprint density at radius 1 is 1.16 bits per heavy atom. The molecule has 11 heteroatoms. The van der Waals surface area contributed by atoms with E-state index in [0.29, 0.717) is 22.2 Å². The molecular weight excluding hydrogens is 441 g/mol. The van der Waals surface area contributed by atoms with Crippen LogP contribution in [0, 0.1) is 12.7 Å². The van der Waals surface area contributed by atoms with Gasteiger partial charge in [-0.3, -0.25) is 4.79 Å². The summed E-state index contributed by atoms with van der Waals surface area (Å²) in [7, 11) is 1.05. The molecule has 0 saturated carbocycles. The first-order valence-electron chi connectivity index (χ1n) is 9.20. The number of hydrogen-bond donors (Lipinski definition) is 1. The summed E-state index contributed by atoms with van der Waals surface area (Å²) in [6.07, 6.45) is 0. The molecule has 0 unspecified atom stereocenters. The van der Waals surface area contributed by atoms with E-state index in [4.69, 9.17) is 0 Å². The number of aryl methyl sites for hydroxylation is 1. The van der Waals surface area contributed by atoms with Crippen molar-refractivity contribution in [3.63, 3.8) is 0 Å². The summed E-state index contributed by atoms with van der Waals surface area (Å²) in [4.78, 5) is 12.6. The molecule has 1 amide bonds. The lowest BCUT2D eigenvalue weighted by Gasteiger charge is -2.14. The van der Waals surface area contributed by atoms with Gasteiger partial charge in [-0.2, -0.15) is 0 Å². The van der Waals surface area contributed by atoms with Crippen LogP contribution < -0.4 is 5.32 Å². The van der Waals surface area contributed by atoms with Crippen molar-refractivity contribution in [2.75, 3.05) is 25.2 Å². The van der Waals surface area contributed by atoms with E-state index in [1.807, 2.05) is 0 Å². The maximum atomic E-state index is 13.1. The molecule has 0 spiro atoms. The monoisotopic (exact) mass is 463 g/mol. The summed E-state index contributed by atoms with van der Waals surface area (Å²) in [5.74, 6) is -0.0337. The molecule has 0 aliphatic rings. The Balaban J connectivity index is 1.69. The van der Waals surface area contributed by atoms with Crippen molar-refractivity contribution in [2.45, 2.75) is 17.0 Å². The van der Waals surface area contributed by atoms with Gasteiger partial charge in [0.25, 0.3) is 0 Å². The Hall–Kier alpha value is -2.76. The first-order chi connectivity index (χ1) is 14.6. The van der Waals surface area contributed by atoms with E-state index in [-0.39, 0.29) is 22.4 Å². The van der Waals surface area contributed by atoms with Crippen molar-refractivity contribution in [1.29, 1.82) is 0 Å². The normalized spacial score (nSPS) is 11.7. The SMILES string of the molecule is Cc1ccc(S(=O)(=O)N(C)C)cc1NC(=O)CSc1nnc(-c2ccc(F)cc2)n1C. The molecule has 1 aromatic heterocycles. The van der Waals surface area contributed by atoms with Crippen molar-refractivity contribution in [2.24, 2.45) is 7.05 Å². The van der Waals surface area contributed by atoms with Crippen LogP contribution in [-0.4, -0.2) is 53.2 Å². The Morgan fingerprint density at radius 3 is 2.48 bits per heavy atom. The van der Waals surface area contributed by atoms with Gasteiger partial charge in [-0.05, 0) is 48.9 Å². The Labute approximate surface area is 184 Å². The highest BCUT2D eigenvalue weighted by atomic mass is 32.2. The van der Waals surface area contributed by atoms with Gasteiger partial charge in [0.05, 0.1) is 10.6 Å². The molecule has 0 fully saturated rings. The van der Waals surface area contributed by atoms with Crippen molar-refractivity contribution in [3.8, 4) is 11.4 Å². The topological polar surface area (TPSA) is 97.2 Å². The first-order valence-corrected chi connectivity index (χ1v) is 11.6. The van der Waals surface area contributed by atoms with Crippen LogP contribution >= 0.6 is 11.8 Å². The maximum absolute atomic E-state index is 13.1. The predicted molar refractivity (Wildman–Crippen MR) is 118 cm³/mol. The van der Waals surface area contributed by atoms with Crippen molar-refractivity contribution >= 4 is 33.4 Å². The number of hydrogen-bond acceptors (Lipinski definition) is 6. The fraction of sp³-hybridized carbons (Fsp3) is 0.250. The van der Waals surface area contributed by atoms with Gasteiger partial charge in [-0.15, -0.1) is 10.2 Å². The summed E-state index contributed by atoms with van der Waals surface area (Å²) in [5.41, 5.74) is 1.88. The minimum absolute atomic E-state index is 0.0550. The van der Waals surface area contributed by atoms with Gasteiger partial charge < -0.3 is 9.88 Å². The largest absolute Gasteiger partial charge is 0.325 e. The average Bonchev–Trinajstić information content (AvgIpc) is 3.09. The van der Waals surface area contributed by atoms with Crippen molar-refractivity contribution in [3.05, 3.63) is 53.8 Å². The number of halogens is 1. The van der Waals surface area contributed by atoms with Crippen LogP contribution in [0.5, 0.6) is 0 Å². The molecule has 0 saturated heterocycles. The van der Waals surface area contributed by atoms with Crippen LogP contribution in [-0.2, 0) is 21.9 Å². The van der Waals surface area contributed by atoms with E-state index >= 15 is 0 Å². The highest BCUT2D eigenvalue weighted by molar-refractivity contribution is 7.99. The molecule has 2 aromatic carbocycles. The van der Waals surface area contributed by atoms with E-state index in [9.17, 15) is 17.6 Å². The lowest BCUT2D eigenvalue weighted by Crippen LogP contribution is -2.22. The second-order valence-electron chi connectivity index (χ2n) is 6.97. The summed E-state index contributed by atoms with van der Waals surface area (Å²) >= 11 is 1.19. The molecule has 1 heterocycles. The minimum Gasteiger partial charge on any atom is -0.325 e. The number of rotatable bonds is 7. The van der Waals surface area contributed by atoms with Gasteiger partial charge in [0.2, 0.25) is 15.9 Å². The Morgan fingerprint density at radius 2 is 1.84 bits per heavy atom. The van der Waals surface area contributed by atoms with Crippen LogP contribution in [0.15, 0.2) is 52.5 Å². The number of carbonyl (C=O) groups excluding carboxylic acids is 1. The lowest BCUT2D eigenvalue weighted by atomic mass is 10.2. The molecule has 0 aliphatic heterocycles. The van der Waals surface area contributed by atoms with Gasteiger partial charge in [-0.1, -0.05) is 17.8 Å². The number of nitrogens with one attached hydrogen (secondary N) is 1. The second kappa shape index (κ2) is 9.16. The number of anilines is 1. The van der Waals surface area contributed by atoms with Crippen LogP contribution in [0.1, 0.15) is 5.56 Å². The molecule has 164 valence electrons. The molecule has 1 N–H and O–H groups in total. The number of nitrogens with zero attached hydrogens (tertiary/aromatic N) is 4. The smallest absolute Gasteiger partial charge is 0.242 e. The number of sulfonamides is 1. The van der Waals surface area contributed by atoms with Crippen molar-refractivity contribution in [1.82, 2.24) is 19.1 Å². The van der Waals surface area contributed by atoms with Crippen LogP contribution in [0.3, 0.4) is 0 Å². The average molecular weight is 464 g/mol. The molecule has 3 aromatic rings. The summed E-state index contributed by atoms with van der Waals surface area (Å²) in [6, 6.07) is 10.5. The third-order valence-corrected chi connectivity index (χ3v) is 7.36. The van der Waals surface area contributed by atoms with Gasteiger partial charge >= 0.3 is 0 Å².